The van der Waals surface area contributed by atoms with Crippen molar-refractivity contribution in [2.24, 2.45) is 0 Å². The molecule has 0 radical (unpaired) electrons. The molecule has 0 aromatic carbocycles. The van der Waals surface area contributed by atoms with Gasteiger partial charge in [-0.25, -0.2) is 24.3 Å². The van der Waals surface area contributed by atoms with Crippen LogP contribution in [0.5, 0.6) is 5.88 Å². The van der Waals surface area contributed by atoms with Crippen molar-refractivity contribution in [2.75, 3.05) is 25.9 Å². The van der Waals surface area contributed by atoms with Gasteiger partial charge in [0.2, 0.25) is 5.88 Å². The van der Waals surface area contributed by atoms with Crippen molar-refractivity contribution in [3.05, 3.63) is 54.0 Å². The molecule has 1 atom stereocenters. The van der Waals surface area contributed by atoms with Crippen LogP contribution in [0.25, 0.3) is 22.6 Å². The highest BCUT2D eigenvalue weighted by molar-refractivity contribution is 5.85. The Morgan fingerprint density at radius 2 is 2.06 bits per heavy atom. The van der Waals surface area contributed by atoms with Gasteiger partial charge in [-0.3, -0.25) is 4.98 Å². The van der Waals surface area contributed by atoms with Gasteiger partial charge >= 0.3 is 0 Å². The summed E-state index contributed by atoms with van der Waals surface area (Å²) in [6.45, 7) is 4.11. The van der Waals surface area contributed by atoms with Gasteiger partial charge in [0.25, 0.3) is 0 Å². The smallest absolute Gasteiger partial charge is 0.213 e. The van der Waals surface area contributed by atoms with Gasteiger partial charge in [0.05, 0.1) is 12.7 Å². The van der Waals surface area contributed by atoms with Crippen LogP contribution in [0, 0.1) is 12.7 Å². The number of ether oxygens (including phenoxy) is 1. The minimum atomic E-state index is -0.447. The zero-order valence-electron chi connectivity index (χ0n) is 17.9. The Hall–Kier alpha value is -3.66. The van der Waals surface area contributed by atoms with Crippen LogP contribution in [0.4, 0.5) is 10.2 Å². The van der Waals surface area contributed by atoms with Gasteiger partial charge in [0.1, 0.15) is 23.6 Å². The summed E-state index contributed by atoms with van der Waals surface area (Å²) in [6.07, 6.45) is 5.63. The standard InChI is InChI=1S/C22H23FN8O/c1-13-27-20(24)19-22(28-13)31(21(29-19)15-7-16(23)10-25-9-15)11-14-3-4-18(26-8-14)32-17-5-6-30(2)12-17/h3-4,7-10,17H,5-6,11-12H2,1-2H3,(H2,24,27,28)/t17-/m0/s1. The molecule has 9 nitrogen and oxygen atoms in total. The molecule has 1 fully saturated rings. The number of hydrogen-bond donors (Lipinski definition) is 1. The molecule has 4 aromatic heterocycles. The number of hydrogen-bond acceptors (Lipinski definition) is 8. The minimum absolute atomic E-state index is 0.158. The third-order valence-corrected chi connectivity index (χ3v) is 5.47. The molecule has 5 heterocycles. The van der Waals surface area contributed by atoms with Crippen molar-refractivity contribution < 1.29 is 9.13 Å². The highest BCUT2D eigenvalue weighted by Gasteiger charge is 2.22. The Morgan fingerprint density at radius 3 is 2.78 bits per heavy atom. The average molecular weight is 434 g/mol. The van der Waals surface area contributed by atoms with E-state index in [1.165, 1.54) is 6.07 Å². The maximum absolute atomic E-state index is 13.9. The molecule has 1 saturated heterocycles. The number of nitrogens with two attached hydrogens (primary N) is 1. The number of anilines is 1. The van der Waals surface area contributed by atoms with E-state index in [9.17, 15) is 4.39 Å². The van der Waals surface area contributed by atoms with Gasteiger partial charge in [0.15, 0.2) is 17.0 Å². The van der Waals surface area contributed by atoms with Crippen molar-refractivity contribution in [1.82, 2.24) is 34.4 Å². The summed E-state index contributed by atoms with van der Waals surface area (Å²) in [5.74, 6) is 1.47. The van der Waals surface area contributed by atoms with Crippen molar-refractivity contribution in [3.8, 4) is 17.3 Å². The van der Waals surface area contributed by atoms with Crippen molar-refractivity contribution >= 4 is 17.0 Å². The Kier molecular flexibility index (Phi) is 5.14. The normalized spacial score (nSPS) is 16.7. The SMILES string of the molecule is Cc1nc(N)c2nc(-c3cncc(F)c3)n(Cc3ccc(O[C@H]4CCN(C)C4)nc3)c2n1. The van der Waals surface area contributed by atoms with Crippen molar-refractivity contribution in [3.63, 3.8) is 0 Å². The molecular formula is C22H23FN8O. The van der Waals surface area contributed by atoms with Crippen molar-refractivity contribution in [1.29, 1.82) is 0 Å². The van der Waals surface area contributed by atoms with E-state index in [4.69, 9.17) is 10.5 Å². The summed E-state index contributed by atoms with van der Waals surface area (Å²) in [4.78, 5) is 24.0. The zero-order valence-corrected chi connectivity index (χ0v) is 17.9. The lowest BCUT2D eigenvalue weighted by Crippen LogP contribution is -2.21. The number of pyridine rings is 2. The fourth-order valence-corrected chi connectivity index (χ4v) is 3.96. The molecule has 0 amide bonds. The number of halogens is 1. The Labute approximate surface area is 184 Å². The molecular weight excluding hydrogens is 411 g/mol. The average Bonchev–Trinajstić information content (AvgIpc) is 3.33. The van der Waals surface area contributed by atoms with E-state index < -0.39 is 5.82 Å². The summed E-state index contributed by atoms with van der Waals surface area (Å²) in [5, 5.41) is 0. The lowest BCUT2D eigenvalue weighted by molar-refractivity contribution is 0.200. The molecule has 2 N–H and O–H groups in total. The van der Waals surface area contributed by atoms with E-state index in [0.717, 1.165) is 31.3 Å². The number of aromatic nitrogens is 6. The summed E-state index contributed by atoms with van der Waals surface area (Å²) in [6, 6.07) is 5.21. The third kappa shape index (κ3) is 3.96. The summed E-state index contributed by atoms with van der Waals surface area (Å²) in [5.41, 5.74) is 8.58. The summed E-state index contributed by atoms with van der Waals surface area (Å²) < 4.78 is 21.7. The van der Waals surface area contributed by atoms with Crippen LogP contribution in [0.1, 0.15) is 17.8 Å². The fraction of sp³-hybridized carbons (Fsp3) is 0.318. The van der Waals surface area contributed by atoms with Gasteiger partial charge in [-0.1, -0.05) is 6.07 Å². The number of aryl methyl sites for hydroxylation is 1. The molecule has 164 valence electrons. The summed E-state index contributed by atoms with van der Waals surface area (Å²) in [7, 11) is 2.08. The van der Waals surface area contributed by atoms with Gasteiger partial charge in [-0.15, -0.1) is 0 Å². The van der Waals surface area contributed by atoms with E-state index in [1.807, 2.05) is 16.7 Å². The molecule has 0 saturated carbocycles. The minimum Gasteiger partial charge on any atom is -0.473 e. The van der Waals surface area contributed by atoms with Crippen molar-refractivity contribution in [2.45, 2.75) is 26.0 Å². The molecule has 0 bridgehead atoms. The number of fused-ring (bicyclic) bond motifs is 1. The first-order valence-electron chi connectivity index (χ1n) is 10.4. The number of nitrogens with zero attached hydrogens (tertiary/aromatic N) is 7. The first kappa shape index (κ1) is 20.3. The molecule has 0 aliphatic carbocycles. The molecule has 10 heteroatoms. The number of likely N-dealkylation sites (N-methyl/N-ethyl adjacent to an activating group) is 1. The monoisotopic (exact) mass is 434 g/mol. The zero-order chi connectivity index (χ0) is 22.2. The largest absolute Gasteiger partial charge is 0.473 e. The maximum Gasteiger partial charge on any atom is 0.213 e. The molecule has 0 unspecified atom stereocenters. The highest BCUT2D eigenvalue weighted by Crippen LogP contribution is 2.27. The topological polar surface area (TPSA) is 108 Å². The fourth-order valence-electron chi connectivity index (χ4n) is 3.96. The van der Waals surface area contributed by atoms with Gasteiger partial charge in [-0.05, 0) is 32.0 Å². The van der Waals surface area contributed by atoms with Crippen LogP contribution >= 0.6 is 0 Å². The number of rotatable bonds is 5. The Morgan fingerprint density at radius 1 is 1.19 bits per heavy atom. The Bertz CT molecular complexity index is 1270. The second-order valence-corrected chi connectivity index (χ2v) is 8.04. The lowest BCUT2D eigenvalue weighted by atomic mass is 10.2. The second kappa shape index (κ2) is 8.12. The van der Waals surface area contributed by atoms with E-state index in [-0.39, 0.29) is 11.9 Å². The van der Waals surface area contributed by atoms with Crippen LogP contribution in [0.2, 0.25) is 0 Å². The number of nitrogen functional groups attached to an aromatic ring is 1. The van der Waals surface area contributed by atoms with Crippen LogP contribution in [0.3, 0.4) is 0 Å². The maximum atomic E-state index is 13.9. The summed E-state index contributed by atoms with van der Waals surface area (Å²) >= 11 is 0. The molecule has 4 aromatic rings. The second-order valence-electron chi connectivity index (χ2n) is 8.04. The number of imidazole rings is 1. The van der Waals surface area contributed by atoms with Crippen LogP contribution in [0.15, 0.2) is 36.8 Å². The molecule has 32 heavy (non-hydrogen) atoms. The molecule has 5 rings (SSSR count). The Balaban J connectivity index is 1.49. The van der Waals surface area contributed by atoms with Crippen LogP contribution < -0.4 is 10.5 Å². The number of likely N-dealkylation sites (tertiary alicyclic amines) is 1. The third-order valence-electron chi connectivity index (χ3n) is 5.47. The quantitative estimate of drug-likeness (QED) is 0.510. The van der Waals surface area contributed by atoms with E-state index >= 15 is 0 Å². The van der Waals surface area contributed by atoms with E-state index in [1.54, 1.807) is 19.3 Å². The van der Waals surface area contributed by atoms with Gasteiger partial charge in [-0.2, -0.15) is 0 Å². The first-order chi connectivity index (χ1) is 15.5. The molecule has 0 spiro atoms. The van der Waals surface area contributed by atoms with Gasteiger partial charge in [0, 0.05) is 37.1 Å². The predicted molar refractivity (Wildman–Crippen MR) is 118 cm³/mol. The lowest BCUT2D eigenvalue weighted by Gasteiger charge is -2.13. The van der Waals surface area contributed by atoms with Crippen LogP contribution in [-0.4, -0.2) is 60.6 Å². The molecule has 1 aliphatic heterocycles. The van der Waals surface area contributed by atoms with E-state index in [2.05, 4.69) is 36.9 Å². The first-order valence-corrected chi connectivity index (χ1v) is 10.4. The molecule has 1 aliphatic rings. The van der Waals surface area contributed by atoms with E-state index in [0.29, 0.717) is 40.8 Å². The highest BCUT2D eigenvalue weighted by atomic mass is 19.1. The predicted octanol–water partition coefficient (Wildman–Crippen LogP) is 2.44. The van der Waals surface area contributed by atoms with Gasteiger partial charge < -0.3 is 19.9 Å². The van der Waals surface area contributed by atoms with Crippen LogP contribution in [-0.2, 0) is 6.54 Å².